The number of sulfonamides is 1. The maximum Gasteiger partial charge on any atom is 0.238 e. The Morgan fingerprint density at radius 1 is 1.30 bits per heavy atom. The van der Waals surface area contributed by atoms with Crippen LogP contribution in [0.2, 0.25) is 0 Å². The summed E-state index contributed by atoms with van der Waals surface area (Å²) in [5.41, 5.74) is 2.70. The minimum atomic E-state index is -3.53. The van der Waals surface area contributed by atoms with Gasteiger partial charge in [-0.2, -0.15) is 10.4 Å². The third kappa shape index (κ3) is 3.16. The van der Waals surface area contributed by atoms with E-state index < -0.39 is 10.0 Å². The number of benzene rings is 1. The number of hydrogen-bond acceptors (Lipinski definition) is 4. The summed E-state index contributed by atoms with van der Waals surface area (Å²) in [5, 5.41) is 15.3. The van der Waals surface area contributed by atoms with Crippen LogP contribution < -0.4 is 4.72 Å². The molecule has 20 heavy (non-hydrogen) atoms. The van der Waals surface area contributed by atoms with Gasteiger partial charge in [0.1, 0.15) is 0 Å². The number of nitriles is 1. The van der Waals surface area contributed by atoms with Gasteiger partial charge >= 0.3 is 0 Å². The molecule has 6 nitrogen and oxygen atoms in total. The van der Waals surface area contributed by atoms with Crippen molar-refractivity contribution in [1.82, 2.24) is 10.2 Å². The molecule has 0 aliphatic rings. The van der Waals surface area contributed by atoms with Gasteiger partial charge in [-0.3, -0.25) is 9.82 Å². The molecule has 0 amide bonds. The first-order valence-corrected chi connectivity index (χ1v) is 7.57. The molecule has 1 heterocycles. The summed E-state index contributed by atoms with van der Waals surface area (Å²) >= 11 is 0. The lowest BCUT2D eigenvalue weighted by Crippen LogP contribution is -2.16. The SMILES string of the molecule is Cc1[nH]nc(NS(=O)(=O)Cc2ccc(C#N)cc2)c1C. The Kier molecular flexibility index (Phi) is 3.77. The van der Waals surface area contributed by atoms with Crippen molar-refractivity contribution in [2.24, 2.45) is 0 Å². The van der Waals surface area contributed by atoms with Gasteiger partial charge in [0.25, 0.3) is 0 Å². The molecule has 0 unspecified atom stereocenters. The first-order valence-electron chi connectivity index (χ1n) is 5.92. The Hall–Kier alpha value is -2.33. The molecular weight excluding hydrogens is 276 g/mol. The molecule has 0 fully saturated rings. The molecular formula is C13H14N4O2S. The Labute approximate surface area is 117 Å². The van der Waals surface area contributed by atoms with E-state index in [1.165, 1.54) is 0 Å². The summed E-state index contributed by atoms with van der Waals surface area (Å²) in [4.78, 5) is 0. The average molecular weight is 290 g/mol. The molecule has 2 rings (SSSR count). The van der Waals surface area contributed by atoms with Crippen LogP contribution in [0.3, 0.4) is 0 Å². The van der Waals surface area contributed by atoms with E-state index in [0.717, 1.165) is 11.3 Å². The largest absolute Gasteiger partial charge is 0.280 e. The van der Waals surface area contributed by atoms with E-state index in [-0.39, 0.29) is 5.75 Å². The molecule has 0 spiro atoms. The van der Waals surface area contributed by atoms with Crippen LogP contribution in [0.5, 0.6) is 0 Å². The zero-order chi connectivity index (χ0) is 14.8. The van der Waals surface area contributed by atoms with Crippen molar-refractivity contribution < 1.29 is 8.42 Å². The van der Waals surface area contributed by atoms with Crippen LogP contribution in [0.25, 0.3) is 0 Å². The monoisotopic (exact) mass is 290 g/mol. The molecule has 0 saturated carbocycles. The molecule has 1 aromatic carbocycles. The lowest BCUT2D eigenvalue weighted by Gasteiger charge is -2.06. The quantitative estimate of drug-likeness (QED) is 0.897. The Morgan fingerprint density at radius 2 is 1.95 bits per heavy atom. The van der Waals surface area contributed by atoms with Crippen molar-refractivity contribution >= 4 is 15.8 Å². The minimum absolute atomic E-state index is 0.163. The zero-order valence-corrected chi connectivity index (χ0v) is 12.0. The fraction of sp³-hybridized carbons (Fsp3) is 0.231. The van der Waals surface area contributed by atoms with Gasteiger partial charge in [0, 0.05) is 11.3 Å². The third-order valence-electron chi connectivity index (χ3n) is 2.95. The second-order valence-corrected chi connectivity index (χ2v) is 6.21. The maximum atomic E-state index is 12.1. The minimum Gasteiger partial charge on any atom is -0.280 e. The number of nitrogens with one attached hydrogen (secondary N) is 2. The number of anilines is 1. The Balaban J connectivity index is 2.15. The van der Waals surface area contributed by atoms with Gasteiger partial charge < -0.3 is 0 Å². The van der Waals surface area contributed by atoms with Gasteiger partial charge in [-0.15, -0.1) is 0 Å². The fourth-order valence-electron chi connectivity index (χ4n) is 1.66. The molecule has 0 atom stereocenters. The zero-order valence-electron chi connectivity index (χ0n) is 11.1. The standard InChI is InChI=1S/C13H14N4O2S/c1-9-10(2)15-16-13(9)17-20(18,19)8-12-5-3-11(7-14)4-6-12/h3-6H,8H2,1-2H3,(H2,15,16,17). The topological polar surface area (TPSA) is 98.6 Å². The smallest absolute Gasteiger partial charge is 0.238 e. The van der Waals surface area contributed by atoms with Crippen LogP contribution in [0, 0.1) is 25.2 Å². The number of rotatable bonds is 4. The van der Waals surface area contributed by atoms with Gasteiger partial charge in [0.2, 0.25) is 10.0 Å². The van der Waals surface area contributed by atoms with E-state index in [4.69, 9.17) is 5.26 Å². The molecule has 7 heteroatoms. The van der Waals surface area contributed by atoms with Crippen molar-refractivity contribution in [3.8, 4) is 6.07 Å². The second kappa shape index (κ2) is 5.35. The van der Waals surface area contributed by atoms with Crippen LogP contribution in [0.4, 0.5) is 5.82 Å². The fourth-order valence-corrected chi connectivity index (χ4v) is 2.86. The summed E-state index contributed by atoms with van der Waals surface area (Å²) in [6.07, 6.45) is 0. The number of H-pyrrole nitrogens is 1. The predicted molar refractivity (Wildman–Crippen MR) is 75.5 cm³/mol. The van der Waals surface area contributed by atoms with Crippen LogP contribution >= 0.6 is 0 Å². The lowest BCUT2D eigenvalue weighted by atomic mass is 10.2. The number of aromatic amines is 1. The highest BCUT2D eigenvalue weighted by molar-refractivity contribution is 7.91. The summed E-state index contributed by atoms with van der Waals surface area (Å²) in [6, 6.07) is 8.42. The Morgan fingerprint density at radius 3 is 2.45 bits per heavy atom. The molecule has 0 aliphatic carbocycles. The first-order chi connectivity index (χ1) is 9.41. The van der Waals surface area contributed by atoms with Crippen LogP contribution in [-0.4, -0.2) is 18.6 Å². The van der Waals surface area contributed by atoms with Crippen molar-refractivity contribution in [2.75, 3.05) is 4.72 Å². The van der Waals surface area contributed by atoms with Crippen molar-refractivity contribution in [2.45, 2.75) is 19.6 Å². The van der Waals surface area contributed by atoms with Crippen molar-refractivity contribution in [1.29, 1.82) is 5.26 Å². The number of aromatic nitrogens is 2. The first kappa shape index (κ1) is 14.1. The van der Waals surface area contributed by atoms with Gasteiger partial charge in [-0.25, -0.2) is 8.42 Å². The molecule has 2 N–H and O–H groups in total. The van der Waals surface area contributed by atoms with E-state index >= 15 is 0 Å². The highest BCUT2D eigenvalue weighted by Crippen LogP contribution is 2.17. The molecule has 0 aliphatic heterocycles. The molecule has 2 aromatic rings. The van der Waals surface area contributed by atoms with Gasteiger partial charge in [-0.1, -0.05) is 12.1 Å². The molecule has 1 aromatic heterocycles. The molecule has 0 bridgehead atoms. The highest BCUT2D eigenvalue weighted by Gasteiger charge is 2.15. The summed E-state index contributed by atoms with van der Waals surface area (Å²) in [6.45, 7) is 3.61. The van der Waals surface area contributed by atoms with Gasteiger partial charge in [-0.05, 0) is 31.5 Å². The van der Waals surface area contributed by atoms with Crippen LogP contribution in [0.1, 0.15) is 22.4 Å². The van der Waals surface area contributed by atoms with Crippen LogP contribution in [-0.2, 0) is 15.8 Å². The van der Waals surface area contributed by atoms with Gasteiger partial charge in [0.15, 0.2) is 5.82 Å². The normalized spacial score (nSPS) is 11.1. The average Bonchev–Trinajstić information content (AvgIpc) is 2.71. The number of hydrogen-bond donors (Lipinski definition) is 2. The van der Waals surface area contributed by atoms with Crippen molar-refractivity contribution in [3.05, 3.63) is 46.6 Å². The van der Waals surface area contributed by atoms with E-state index in [9.17, 15) is 8.42 Å². The number of aryl methyl sites for hydroxylation is 1. The van der Waals surface area contributed by atoms with E-state index in [1.54, 1.807) is 31.2 Å². The maximum absolute atomic E-state index is 12.1. The molecule has 0 saturated heterocycles. The van der Waals surface area contributed by atoms with Gasteiger partial charge in [0.05, 0.1) is 17.4 Å². The third-order valence-corrected chi connectivity index (χ3v) is 4.16. The summed E-state index contributed by atoms with van der Waals surface area (Å²) in [5.74, 6) is 0.153. The van der Waals surface area contributed by atoms with E-state index in [2.05, 4.69) is 14.9 Å². The van der Waals surface area contributed by atoms with E-state index in [1.807, 2.05) is 13.0 Å². The number of nitrogens with zero attached hydrogens (tertiary/aromatic N) is 2. The molecule has 0 radical (unpaired) electrons. The second-order valence-electron chi connectivity index (χ2n) is 4.49. The Bertz CT molecular complexity index is 755. The van der Waals surface area contributed by atoms with E-state index in [0.29, 0.717) is 16.9 Å². The predicted octanol–water partition coefficient (Wildman–Crippen LogP) is 1.84. The highest BCUT2D eigenvalue weighted by atomic mass is 32.2. The summed E-state index contributed by atoms with van der Waals surface area (Å²) in [7, 11) is -3.53. The molecule has 104 valence electrons. The van der Waals surface area contributed by atoms with Crippen molar-refractivity contribution in [3.63, 3.8) is 0 Å². The summed E-state index contributed by atoms with van der Waals surface area (Å²) < 4.78 is 26.6. The lowest BCUT2D eigenvalue weighted by molar-refractivity contribution is 0.600. The van der Waals surface area contributed by atoms with Crippen LogP contribution in [0.15, 0.2) is 24.3 Å².